The minimum Gasteiger partial charge on any atom is -0.488 e. The van der Waals surface area contributed by atoms with E-state index in [0.29, 0.717) is 11.5 Å². The molecule has 0 radical (unpaired) electrons. The smallest absolute Gasteiger partial charge is 0.187 e. The number of halogens is 1. The number of benzene rings is 1. The second kappa shape index (κ2) is 9.29. The second-order valence-electron chi connectivity index (χ2n) is 9.40. The molecule has 3 aromatic rings. The van der Waals surface area contributed by atoms with Crippen LogP contribution in [0.4, 0.5) is 15.9 Å². The van der Waals surface area contributed by atoms with Gasteiger partial charge in [0.25, 0.3) is 0 Å². The fourth-order valence-corrected chi connectivity index (χ4v) is 4.95. The van der Waals surface area contributed by atoms with E-state index < -0.39 is 0 Å². The molecule has 2 aromatic heterocycles. The fraction of sp³-hybridized carbons (Fsp3) is 0.520. The van der Waals surface area contributed by atoms with Gasteiger partial charge in [-0.15, -0.1) is 0 Å². The lowest BCUT2D eigenvalue weighted by Crippen LogP contribution is -2.36. The average molecular weight is 465 g/mol. The van der Waals surface area contributed by atoms with Crippen LogP contribution in [0.1, 0.15) is 50.1 Å². The van der Waals surface area contributed by atoms with Crippen molar-refractivity contribution in [2.45, 2.75) is 56.6 Å². The zero-order valence-corrected chi connectivity index (χ0v) is 19.1. The number of aromatic nitrogens is 4. The van der Waals surface area contributed by atoms with E-state index in [4.69, 9.17) is 9.47 Å². The van der Waals surface area contributed by atoms with Crippen LogP contribution in [-0.4, -0.2) is 58.4 Å². The Labute approximate surface area is 197 Å². The Balaban J connectivity index is 1.13. The van der Waals surface area contributed by atoms with Crippen LogP contribution in [0.3, 0.4) is 0 Å². The Morgan fingerprint density at radius 2 is 1.74 bits per heavy atom. The highest BCUT2D eigenvalue weighted by Crippen LogP contribution is 2.41. The molecular weight excluding hydrogens is 435 g/mol. The van der Waals surface area contributed by atoms with Crippen molar-refractivity contribution in [1.29, 1.82) is 0 Å². The third-order valence-corrected chi connectivity index (χ3v) is 6.99. The molecule has 1 aliphatic heterocycles. The molecule has 3 aliphatic rings. The van der Waals surface area contributed by atoms with E-state index in [1.54, 1.807) is 12.4 Å². The van der Waals surface area contributed by atoms with Gasteiger partial charge in [-0.3, -0.25) is 4.98 Å². The number of nitrogens with zero attached hydrogens (tertiary/aromatic N) is 5. The molecule has 178 valence electrons. The first-order valence-electron chi connectivity index (χ1n) is 12.3. The summed E-state index contributed by atoms with van der Waals surface area (Å²) in [4.78, 5) is 19.7. The van der Waals surface area contributed by atoms with Gasteiger partial charge in [-0.05, 0) is 44.6 Å². The largest absolute Gasteiger partial charge is 0.488 e. The molecule has 2 saturated carbocycles. The van der Waals surface area contributed by atoms with Gasteiger partial charge in [0, 0.05) is 49.2 Å². The Bertz CT molecular complexity index is 1160. The molecule has 2 aliphatic carbocycles. The van der Waals surface area contributed by atoms with E-state index in [0.717, 1.165) is 87.3 Å². The molecule has 0 bridgehead atoms. The third kappa shape index (κ3) is 4.49. The summed E-state index contributed by atoms with van der Waals surface area (Å²) < 4.78 is 26.8. The van der Waals surface area contributed by atoms with Gasteiger partial charge in [-0.1, -0.05) is 0 Å². The number of anilines is 2. The lowest BCUT2D eigenvalue weighted by Gasteiger charge is -2.31. The minimum absolute atomic E-state index is 0.0838. The van der Waals surface area contributed by atoms with E-state index in [2.05, 4.69) is 42.3 Å². The number of fused-ring (bicyclic) bond motifs is 1. The summed E-state index contributed by atoms with van der Waals surface area (Å²) in [6.07, 6.45) is 10.5. The molecule has 0 spiro atoms. The first-order chi connectivity index (χ1) is 16.7. The number of hydrogen-bond acceptors (Lipinski definition) is 8. The summed E-state index contributed by atoms with van der Waals surface area (Å²) in [5.74, 6) is 1.09. The topological polar surface area (TPSA) is 85.3 Å². The molecule has 6 rings (SSSR count). The SMILES string of the molecule is Fc1c(NC2CCC(Oc3cc(N4CCOCC4)cc4nccnc34)CC2)ncnc1C1CC1. The average Bonchev–Trinajstić information content (AvgIpc) is 3.72. The van der Waals surface area contributed by atoms with Gasteiger partial charge in [0.2, 0.25) is 0 Å². The summed E-state index contributed by atoms with van der Waals surface area (Å²) in [6, 6.07) is 4.34. The van der Waals surface area contributed by atoms with Crippen LogP contribution in [0.5, 0.6) is 5.75 Å². The van der Waals surface area contributed by atoms with Crippen molar-refractivity contribution in [2.24, 2.45) is 0 Å². The first-order valence-corrected chi connectivity index (χ1v) is 12.3. The Hall–Kier alpha value is -3.07. The van der Waals surface area contributed by atoms with Gasteiger partial charge in [-0.2, -0.15) is 0 Å². The van der Waals surface area contributed by atoms with Crippen LogP contribution >= 0.6 is 0 Å². The monoisotopic (exact) mass is 464 g/mol. The standard InChI is InChI=1S/C25H29FN6O2/c26-22-23(16-1-2-16)29-15-30-25(22)31-17-3-5-19(6-4-17)34-21-14-18(32-9-11-33-12-10-32)13-20-24(21)28-8-7-27-20/h7-8,13-17,19H,1-6,9-12H2,(H,29,30,31). The normalized spacial score (nSPS) is 23.1. The molecule has 9 heteroatoms. The minimum atomic E-state index is -0.284. The summed E-state index contributed by atoms with van der Waals surface area (Å²) in [5, 5.41) is 3.32. The van der Waals surface area contributed by atoms with E-state index >= 15 is 0 Å². The number of hydrogen-bond donors (Lipinski definition) is 1. The van der Waals surface area contributed by atoms with E-state index in [1.807, 2.05) is 0 Å². The van der Waals surface area contributed by atoms with E-state index in [9.17, 15) is 4.39 Å². The Morgan fingerprint density at radius 1 is 0.941 bits per heavy atom. The molecule has 0 amide bonds. The lowest BCUT2D eigenvalue weighted by molar-refractivity contribution is 0.122. The molecule has 1 saturated heterocycles. The van der Waals surface area contributed by atoms with Gasteiger partial charge < -0.3 is 19.7 Å². The summed E-state index contributed by atoms with van der Waals surface area (Å²) in [5.41, 5.74) is 3.27. The molecule has 34 heavy (non-hydrogen) atoms. The van der Waals surface area contributed by atoms with Crippen LogP contribution in [0.15, 0.2) is 30.9 Å². The third-order valence-electron chi connectivity index (χ3n) is 6.99. The zero-order chi connectivity index (χ0) is 22.9. The molecule has 0 atom stereocenters. The molecule has 1 N–H and O–H groups in total. The molecule has 3 fully saturated rings. The van der Waals surface area contributed by atoms with Crippen LogP contribution in [-0.2, 0) is 4.74 Å². The van der Waals surface area contributed by atoms with E-state index in [1.165, 1.54) is 6.33 Å². The highest BCUT2D eigenvalue weighted by molar-refractivity contribution is 5.85. The van der Waals surface area contributed by atoms with Crippen LogP contribution in [0, 0.1) is 5.82 Å². The second-order valence-corrected chi connectivity index (χ2v) is 9.40. The first kappa shape index (κ1) is 21.5. The lowest BCUT2D eigenvalue weighted by atomic mass is 9.93. The van der Waals surface area contributed by atoms with Crippen molar-refractivity contribution in [3.63, 3.8) is 0 Å². The quantitative estimate of drug-likeness (QED) is 0.584. The Kier molecular flexibility index (Phi) is 5.86. The maximum absolute atomic E-state index is 14.8. The highest BCUT2D eigenvalue weighted by atomic mass is 19.1. The molecule has 3 heterocycles. The highest BCUT2D eigenvalue weighted by Gasteiger charge is 2.31. The van der Waals surface area contributed by atoms with Crippen molar-refractivity contribution < 1.29 is 13.9 Å². The zero-order valence-electron chi connectivity index (χ0n) is 19.1. The predicted molar refractivity (Wildman–Crippen MR) is 127 cm³/mol. The number of nitrogens with one attached hydrogen (secondary N) is 1. The van der Waals surface area contributed by atoms with Crippen molar-refractivity contribution in [3.05, 3.63) is 42.4 Å². The fourth-order valence-electron chi connectivity index (χ4n) is 4.95. The van der Waals surface area contributed by atoms with Crippen molar-refractivity contribution >= 4 is 22.5 Å². The van der Waals surface area contributed by atoms with Crippen LogP contribution < -0.4 is 15.0 Å². The summed E-state index contributed by atoms with van der Waals surface area (Å²) in [7, 11) is 0. The van der Waals surface area contributed by atoms with Crippen molar-refractivity contribution in [2.75, 3.05) is 36.5 Å². The van der Waals surface area contributed by atoms with Crippen LogP contribution in [0.2, 0.25) is 0 Å². The Morgan fingerprint density at radius 3 is 2.53 bits per heavy atom. The molecule has 1 aromatic carbocycles. The van der Waals surface area contributed by atoms with Gasteiger partial charge in [0.1, 0.15) is 17.6 Å². The number of morpholine rings is 1. The number of ether oxygens (including phenoxy) is 2. The number of rotatable bonds is 6. The molecule has 0 unspecified atom stereocenters. The van der Waals surface area contributed by atoms with Gasteiger partial charge >= 0.3 is 0 Å². The summed E-state index contributed by atoms with van der Waals surface area (Å²) in [6.45, 7) is 3.15. The van der Waals surface area contributed by atoms with Crippen LogP contribution in [0.25, 0.3) is 11.0 Å². The van der Waals surface area contributed by atoms with Gasteiger partial charge in [0.15, 0.2) is 11.6 Å². The molecule has 8 nitrogen and oxygen atoms in total. The predicted octanol–water partition coefficient (Wildman–Crippen LogP) is 4.08. The summed E-state index contributed by atoms with van der Waals surface area (Å²) >= 11 is 0. The van der Waals surface area contributed by atoms with Crippen molar-refractivity contribution in [3.8, 4) is 5.75 Å². The van der Waals surface area contributed by atoms with Gasteiger partial charge in [0.05, 0.1) is 30.5 Å². The van der Waals surface area contributed by atoms with Crippen molar-refractivity contribution in [1.82, 2.24) is 19.9 Å². The maximum Gasteiger partial charge on any atom is 0.187 e. The van der Waals surface area contributed by atoms with E-state index in [-0.39, 0.29) is 23.9 Å². The van der Waals surface area contributed by atoms with Gasteiger partial charge in [-0.25, -0.2) is 19.3 Å². The maximum atomic E-state index is 14.8. The molecular formula is C25H29FN6O2.